The van der Waals surface area contributed by atoms with Crippen molar-refractivity contribution in [1.29, 1.82) is 0 Å². The summed E-state index contributed by atoms with van der Waals surface area (Å²) in [4.78, 5) is 3.23. The predicted octanol–water partition coefficient (Wildman–Crippen LogP) is 4.42. The van der Waals surface area contributed by atoms with Gasteiger partial charge in [0.1, 0.15) is 0 Å². The molecule has 1 aromatic heterocycles. The van der Waals surface area contributed by atoms with Gasteiger partial charge < -0.3 is 9.55 Å². The lowest BCUT2D eigenvalue weighted by molar-refractivity contribution is 0.506. The summed E-state index contributed by atoms with van der Waals surface area (Å²) in [5.74, 6) is 2.42. The summed E-state index contributed by atoms with van der Waals surface area (Å²) in [5, 5.41) is 0.746. The molecule has 17 heavy (non-hydrogen) atoms. The van der Waals surface area contributed by atoms with Gasteiger partial charge in [-0.15, -0.1) is 0 Å². The van der Waals surface area contributed by atoms with Crippen molar-refractivity contribution >= 4 is 46.6 Å². The maximum absolute atomic E-state index is 6.19. The lowest BCUT2D eigenvalue weighted by Gasteiger charge is -2.23. The Balaban J connectivity index is 2.18. The van der Waals surface area contributed by atoms with E-state index in [0.29, 0.717) is 6.04 Å². The van der Waals surface area contributed by atoms with Crippen molar-refractivity contribution in [2.45, 2.75) is 18.9 Å². The molecule has 5 heteroatoms. The van der Waals surface area contributed by atoms with Crippen LogP contribution in [0.3, 0.4) is 0 Å². The standard InChI is InChI=1S/C12H13ClN2S2/c13-9-4-1-5-10-11(9)14-12(16)15(10)8-3-2-6-17-7-8/h1,4-5,8H,2-3,6-7H2,(H,14,16). The van der Waals surface area contributed by atoms with Gasteiger partial charge in [0.05, 0.1) is 16.1 Å². The van der Waals surface area contributed by atoms with Gasteiger partial charge >= 0.3 is 0 Å². The normalized spacial score (nSPS) is 20.9. The Morgan fingerprint density at radius 3 is 3.12 bits per heavy atom. The van der Waals surface area contributed by atoms with Crippen LogP contribution in [-0.4, -0.2) is 21.1 Å². The van der Waals surface area contributed by atoms with Crippen LogP contribution < -0.4 is 0 Å². The minimum Gasteiger partial charge on any atom is -0.329 e. The molecule has 1 aliphatic heterocycles. The third-order valence-corrected chi connectivity index (χ3v) is 5.01. The molecule has 3 rings (SSSR count). The Hall–Kier alpha value is -0.450. The summed E-state index contributed by atoms with van der Waals surface area (Å²) in [6.07, 6.45) is 2.48. The average molecular weight is 285 g/mol. The number of thioether (sulfide) groups is 1. The smallest absolute Gasteiger partial charge is 0.178 e. The minimum absolute atomic E-state index is 0.508. The van der Waals surface area contributed by atoms with Gasteiger partial charge in [-0.2, -0.15) is 11.8 Å². The molecule has 1 saturated heterocycles. The number of imidazole rings is 1. The predicted molar refractivity (Wildman–Crippen MR) is 77.7 cm³/mol. The fourth-order valence-corrected chi connectivity index (χ4v) is 4.10. The molecular weight excluding hydrogens is 272 g/mol. The monoisotopic (exact) mass is 284 g/mol. The zero-order valence-electron chi connectivity index (χ0n) is 9.28. The number of nitrogens with one attached hydrogen (secondary N) is 1. The third kappa shape index (κ3) is 2.02. The maximum atomic E-state index is 6.19. The summed E-state index contributed by atoms with van der Waals surface area (Å²) in [7, 11) is 0. The molecule has 0 saturated carbocycles. The minimum atomic E-state index is 0.508. The number of rotatable bonds is 1. The van der Waals surface area contributed by atoms with E-state index in [9.17, 15) is 0 Å². The second-order valence-corrected chi connectivity index (χ2v) is 6.25. The number of para-hydroxylation sites is 1. The van der Waals surface area contributed by atoms with Crippen LogP contribution in [0.4, 0.5) is 0 Å². The van der Waals surface area contributed by atoms with Crippen LogP contribution in [-0.2, 0) is 0 Å². The zero-order chi connectivity index (χ0) is 11.8. The molecule has 2 aromatic rings. The van der Waals surface area contributed by atoms with Gasteiger partial charge in [-0.25, -0.2) is 0 Å². The number of nitrogens with zero attached hydrogens (tertiary/aromatic N) is 1. The SMILES string of the molecule is S=c1[nH]c2c(Cl)cccc2n1C1CCCSC1. The molecule has 2 nitrogen and oxygen atoms in total. The Morgan fingerprint density at radius 2 is 2.35 bits per heavy atom. The highest BCUT2D eigenvalue weighted by Gasteiger charge is 2.19. The van der Waals surface area contributed by atoms with E-state index in [0.717, 1.165) is 26.6 Å². The van der Waals surface area contributed by atoms with E-state index < -0.39 is 0 Å². The maximum Gasteiger partial charge on any atom is 0.178 e. The van der Waals surface area contributed by atoms with E-state index in [-0.39, 0.29) is 0 Å². The van der Waals surface area contributed by atoms with Crippen LogP contribution in [0, 0.1) is 4.77 Å². The molecule has 0 aliphatic carbocycles. The van der Waals surface area contributed by atoms with Crippen molar-refractivity contribution in [1.82, 2.24) is 9.55 Å². The van der Waals surface area contributed by atoms with Crippen molar-refractivity contribution in [3.05, 3.63) is 28.0 Å². The van der Waals surface area contributed by atoms with E-state index in [1.807, 2.05) is 23.9 Å². The van der Waals surface area contributed by atoms with Crippen molar-refractivity contribution in [2.24, 2.45) is 0 Å². The summed E-state index contributed by atoms with van der Waals surface area (Å²) >= 11 is 13.6. The molecular formula is C12H13ClN2S2. The molecule has 1 N–H and O–H groups in total. The van der Waals surface area contributed by atoms with Crippen molar-refractivity contribution in [3.63, 3.8) is 0 Å². The molecule has 2 heterocycles. The number of fused-ring (bicyclic) bond motifs is 1. The number of aromatic amines is 1. The fourth-order valence-electron chi connectivity index (χ4n) is 2.40. The second-order valence-electron chi connectivity index (χ2n) is 4.31. The van der Waals surface area contributed by atoms with E-state index in [4.69, 9.17) is 23.8 Å². The zero-order valence-corrected chi connectivity index (χ0v) is 11.7. The van der Waals surface area contributed by atoms with Crippen molar-refractivity contribution in [2.75, 3.05) is 11.5 Å². The van der Waals surface area contributed by atoms with Gasteiger partial charge in [0.15, 0.2) is 4.77 Å². The first-order chi connectivity index (χ1) is 8.27. The number of H-pyrrole nitrogens is 1. The molecule has 0 bridgehead atoms. The molecule has 0 spiro atoms. The first kappa shape index (κ1) is 11.6. The largest absolute Gasteiger partial charge is 0.329 e. The Labute approximate surface area is 114 Å². The first-order valence-electron chi connectivity index (χ1n) is 5.74. The Bertz CT molecular complexity index is 596. The summed E-state index contributed by atoms with van der Waals surface area (Å²) < 4.78 is 3.03. The molecule has 1 fully saturated rings. The Morgan fingerprint density at radius 1 is 1.47 bits per heavy atom. The van der Waals surface area contributed by atoms with Crippen LogP contribution in [0.1, 0.15) is 18.9 Å². The van der Waals surface area contributed by atoms with Crippen LogP contribution in [0.5, 0.6) is 0 Å². The van der Waals surface area contributed by atoms with Gasteiger partial charge in [-0.3, -0.25) is 0 Å². The van der Waals surface area contributed by atoms with Gasteiger partial charge in [0.2, 0.25) is 0 Å². The molecule has 1 atom stereocenters. The highest BCUT2D eigenvalue weighted by atomic mass is 35.5. The first-order valence-corrected chi connectivity index (χ1v) is 7.68. The van der Waals surface area contributed by atoms with Gasteiger partial charge in [0, 0.05) is 11.8 Å². The van der Waals surface area contributed by atoms with Crippen LogP contribution in [0.2, 0.25) is 5.02 Å². The summed E-state index contributed by atoms with van der Waals surface area (Å²) in [6, 6.07) is 6.48. The van der Waals surface area contributed by atoms with Crippen LogP contribution in [0.25, 0.3) is 11.0 Å². The van der Waals surface area contributed by atoms with E-state index >= 15 is 0 Å². The second kappa shape index (κ2) is 4.67. The van der Waals surface area contributed by atoms with Gasteiger partial charge in [-0.1, -0.05) is 17.7 Å². The molecule has 90 valence electrons. The van der Waals surface area contributed by atoms with Crippen molar-refractivity contribution < 1.29 is 0 Å². The summed E-state index contributed by atoms with van der Waals surface area (Å²) in [6.45, 7) is 0. The lowest BCUT2D eigenvalue weighted by Crippen LogP contribution is -2.16. The highest BCUT2D eigenvalue weighted by Crippen LogP contribution is 2.31. The van der Waals surface area contributed by atoms with Gasteiger partial charge in [0.25, 0.3) is 0 Å². The molecule has 0 radical (unpaired) electrons. The number of halogens is 1. The number of benzene rings is 1. The molecule has 1 unspecified atom stereocenters. The fraction of sp³-hybridized carbons (Fsp3) is 0.417. The molecule has 0 amide bonds. The van der Waals surface area contributed by atoms with Gasteiger partial charge in [-0.05, 0) is 42.9 Å². The molecule has 1 aliphatic rings. The van der Waals surface area contributed by atoms with E-state index in [1.54, 1.807) is 0 Å². The summed E-state index contributed by atoms with van der Waals surface area (Å²) in [5.41, 5.74) is 2.10. The number of hydrogen-bond donors (Lipinski definition) is 1. The molecule has 1 aromatic carbocycles. The van der Waals surface area contributed by atoms with E-state index in [2.05, 4.69) is 15.6 Å². The Kier molecular flexibility index (Phi) is 3.19. The number of aromatic nitrogens is 2. The number of hydrogen-bond acceptors (Lipinski definition) is 2. The van der Waals surface area contributed by atoms with Crippen LogP contribution in [0.15, 0.2) is 18.2 Å². The highest BCUT2D eigenvalue weighted by molar-refractivity contribution is 7.99. The topological polar surface area (TPSA) is 20.7 Å². The van der Waals surface area contributed by atoms with Crippen LogP contribution >= 0.6 is 35.6 Å². The third-order valence-electron chi connectivity index (χ3n) is 3.20. The van der Waals surface area contributed by atoms with E-state index in [1.165, 1.54) is 18.6 Å². The lowest BCUT2D eigenvalue weighted by atomic mass is 10.2. The average Bonchev–Trinajstić information content (AvgIpc) is 2.68. The van der Waals surface area contributed by atoms with Crippen molar-refractivity contribution in [3.8, 4) is 0 Å². The quantitative estimate of drug-likeness (QED) is 0.783.